The third-order valence-electron chi connectivity index (χ3n) is 8.27. The lowest BCUT2D eigenvalue weighted by atomic mass is 9.94. The number of amides is 2. The van der Waals surface area contributed by atoms with E-state index in [2.05, 4.69) is 20.5 Å². The second-order valence-corrected chi connectivity index (χ2v) is 14.5. The summed E-state index contributed by atoms with van der Waals surface area (Å²) in [5.74, 6) is -0.758. The van der Waals surface area contributed by atoms with Crippen LogP contribution in [-0.4, -0.2) is 85.4 Å². The minimum absolute atomic E-state index is 0.0932. The number of aliphatic hydroxyl groups excluding tert-OH is 1. The zero-order chi connectivity index (χ0) is 35.7. The van der Waals surface area contributed by atoms with Gasteiger partial charge in [0.15, 0.2) is 21.8 Å². The van der Waals surface area contributed by atoms with Crippen molar-refractivity contribution in [2.75, 3.05) is 63.8 Å². The molecular formula is C37H41FN6O5S2. The standard InChI is InChI=1S/C37H41FN6O5S2/c1-43(2)22-24-12-13-30(28(38)21-24)49-18-6-11-32-33(35(47)39-15-19-48-20-17-45)41-37(51-32)44-16-14-25-7-5-8-26(27(25)23-44)34(46)42-36-40-29-9-3-4-10-31(29)50-36/h3-5,7-10,12-13,21,45H,6,11,14-20,22-23H2,1-2H3,(H,39,47)(H,40,42,46). The Morgan fingerprint density at radius 2 is 1.88 bits per heavy atom. The SMILES string of the molecule is CN(C)Cc1ccc(OCCCc2sc(N3CCc4cccc(C(=O)Nc5nc6ccccc6s5)c4C3)nc2C(=O)NCCOCCO)c(F)c1. The summed E-state index contributed by atoms with van der Waals surface area (Å²) >= 11 is 2.87. The maximum atomic E-state index is 14.7. The molecule has 0 unspecified atom stereocenters. The van der Waals surface area contributed by atoms with E-state index in [0.29, 0.717) is 60.4 Å². The zero-order valence-electron chi connectivity index (χ0n) is 28.6. The van der Waals surface area contributed by atoms with Crippen LogP contribution in [0.4, 0.5) is 14.7 Å². The molecule has 51 heavy (non-hydrogen) atoms. The van der Waals surface area contributed by atoms with E-state index in [9.17, 15) is 14.0 Å². The summed E-state index contributed by atoms with van der Waals surface area (Å²) in [5.41, 5.74) is 4.61. The molecule has 5 aromatic rings. The van der Waals surface area contributed by atoms with E-state index in [1.807, 2.05) is 67.5 Å². The fraction of sp³-hybridized carbons (Fsp3) is 0.351. The Morgan fingerprint density at radius 1 is 1.02 bits per heavy atom. The molecule has 11 nitrogen and oxygen atoms in total. The van der Waals surface area contributed by atoms with E-state index in [1.165, 1.54) is 28.7 Å². The van der Waals surface area contributed by atoms with Gasteiger partial charge < -0.3 is 29.7 Å². The summed E-state index contributed by atoms with van der Waals surface area (Å²) in [5, 5.41) is 16.1. The van der Waals surface area contributed by atoms with Gasteiger partial charge in [-0.2, -0.15) is 0 Å². The number of hydrogen-bond acceptors (Lipinski definition) is 11. The minimum atomic E-state index is -0.406. The van der Waals surface area contributed by atoms with Crippen molar-refractivity contribution in [2.24, 2.45) is 0 Å². The fourth-order valence-corrected chi connectivity index (χ4v) is 7.88. The molecule has 3 N–H and O–H groups in total. The number of fused-ring (bicyclic) bond motifs is 2. The number of anilines is 2. The summed E-state index contributed by atoms with van der Waals surface area (Å²) < 4.78 is 26.8. The molecule has 0 aliphatic carbocycles. The van der Waals surface area contributed by atoms with Crippen LogP contribution in [0.25, 0.3) is 10.2 Å². The molecule has 0 atom stereocenters. The zero-order valence-corrected chi connectivity index (χ0v) is 30.2. The van der Waals surface area contributed by atoms with Crippen molar-refractivity contribution in [2.45, 2.75) is 32.4 Å². The van der Waals surface area contributed by atoms with Gasteiger partial charge in [-0.25, -0.2) is 14.4 Å². The first-order valence-electron chi connectivity index (χ1n) is 16.8. The van der Waals surface area contributed by atoms with Gasteiger partial charge in [0.25, 0.3) is 11.8 Å². The maximum Gasteiger partial charge on any atom is 0.271 e. The first kappa shape index (κ1) is 36.3. The van der Waals surface area contributed by atoms with Gasteiger partial charge in [0.05, 0.1) is 36.6 Å². The number of halogens is 1. The molecule has 14 heteroatoms. The molecule has 0 saturated heterocycles. The van der Waals surface area contributed by atoms with Gasteiger partial charge in [-0.05, 0) is 80.4 Å². The van der Waals surface area contributed by atoms with Crippen LogP contribution in [-0.2, 0) is 30.7 Å². The minimum Gasteiger partial charge on any atom is -0.491 e. The van der Waals surface area contributed by atoms with Crippen LogP contribution in [0.1, 0.15) is 48.8 Å². The Hall–Kier alpha value is -4.47. The number of aromatic nitrogens is 2. The number of para-hydroxylation sites is 1. The van der Waals surface area contributed by atoms with Crippen molar-refractivity contribution in [1.82, 2.24) is 20.2 Å². The lowest BCUT2D eigenvalue weighted by molar-refractivity contribution is 0.0835. The Labute approximate surface area is 304 Å². The number of carbonyl (C=O) groups excluding carboxylic acids is 2. The van der Waals surface area contributed by atoms with Crippen molar-refractivity contribution >= 4 is 55.0 Å². The Kier molecular flexibility index (Phi) is 12.2. The van der Waals surface area contributed by atoms with Gasteiger partial charge in [-0.3, -0.25) is 14.9 Å². The molecule has 3 heterocycles. The number of ether oxygens (including phenoxy) is 2. The molecule has 0 bridgehead atoms. The number of carbonyl (C=O) groups is 2. The van der Waals surface area contributed by atoms with Crippen molar-refractivity contribution in [3.63, 3.8) is 0 Å². The molecular weight excluding hydrogens is 692 g/mol. The Balaban J connectivity index is 1.16. The molecule has 2 aromatic heterocycles. The van der Waals surface area contributed by atoms with Gasteiger partial charge in [0, 0.05) is 36.6 Å². The van der Waals surface area contributed by atoms with Gasteiger partial charge in [0.2, 0.25) is 0 Å². The summed E-state index contributed by atoms with van der Waals surface area (Å²) in [6, 6.07) is 18.5. The maximum absolute atomic E-state index is 14.7. The van der Waals surface area contributed by atoms with E-state index >= 15 is 0 Å². The number of nitrogens with one attached hydrogen (secondary N) is 2. The van der Waals surface area contributed by atoms with Crippen LogP contribution >= 0.6 is 22.7 Å². The average molecular weight is 733 g/mol. The molecule has 2 amide bonds. The molecule has 268 valence electrons. The highest BCUT2D eigenvalue weighted by molar-refractivity contribution is 7.22. The van der Waals surface area contributed by atoms with Crippen molar-refractivity contribution in [3.05, 3.63) is 99.3 Å². The average Bonchev–Trinajstić information content (AvgIpc) is 3.74. The summed E-state index contributed by atoms with van der Waals surface area (Å²) in [7, 11) is 3.86. The van der Waals surface area contributed by atoms with Gasteiger partial charge in [0.1, 0.15) is 5.69 Å². The highest BCUT2D eigenvalue weighted by atomic mass is 32.1. The summed E-state index contributed by atoms with van der Waals surface area (Å²) in [6.07, 6.45) is 1.75. The van der Waals surface area contributed by atoms with Gasteiger partial charge >= 0.3 is 0 Å². The van der Waals surface area contributed by atoms with Crippen LogP contribution < -0.4 is 20.3 Å². The quantitative estimate of drug-likeness (QED) is 0.112. The number of aryl methyl sites for hydroxylation is 1. The van der Waals surface area contributed by atoms with E-state index in [0.717, 1.165) is 31.8 Å². The Bertz CT molecular complexity index is 1950. The van der Waals surface area contributed by atoms with Crippen LogP contribution in [0.3, 0.4) is 0 Å². The van der Waals surface area contributed by atoms with Crippen molar-refractivity contribution in [3.8, 4) is 5.75 Å². The van der Waals surface area contributed by atoms with Crippen LogP contribution in [0, 0.1) is 5.82 Å². The first-order valence-corrected chi connectivity index (χ1v) is 18.5. The smallest absolute Gasteiger partial charge is 0.271 e. The summed E-state index contributed by atoms with van der Waals surface area (Å²) in [6.45, 7) is 2.64. The second kappa shape index (κ2) is 17.2. The highest BCUT2D eigenvalue weighted by Crippen LogP contribution is 2.33. The lowest BCUT2D eigenvalue weighted by Crippen LogP contribution is -2.32. The van der Waals surface area contributed by atoms with E-state index in [-0.39, 0.29) is 50.5 Å². The topological polar surface area (TPSA) is 129 Å². The van der Waals surface area contributed by atoms with Gasteiger partial charge in [-0.15, -0.1) is 11.3 Å². The molecule has 0 fully saturated rings. The Morgan fingerprint density at radius 3 is 2.69 bits per heavy atom. The molecule has 1 aliphatic heterocycles. The predicted octanol–water partition coefficient (Wildman–Crippen LogP) is 5.52. The molecule has 1 aliphatic rings. The number of rotatable bonds is 16. The molecule has 0 saturated carbocycles. The lowest BCUT2D eigenvalue weighted by Gasteiger charge is -2.29. The van der Waals surface area contributed by atoms with Crippen molar-refractivity contribution < 1.29 is 28.6 Å². The third-order valence-corrected chi connectivity index (χ3v) is 10.4. The predicted molar refractivity (Wildman–Crippen MR) is 199 cm³/mol. The number of benzene rings is 3. The molecule has 0 radical (unpaired) electrons. The van der Waals surface area contributed by atoms with Crippen LogP contribution in [0.15, 0.2) is 60.7 Å². The number of hydrogen-bond donors (Lipinski definition) is 3. The number of aliphatic hydroxyl groups is 1. The highest BCUT2D eigenvalue weighted by Gasteiger charge is 2.27. The number of nitrogens with zero attached hydrogens (tertiary/aromatic N) is 4. The van der Waals surface area contributed by atoms with Crippen molar-refractivity contribution in [1.29, 1.82) is 0 Å². The molecule has 0 spiro atoms. The second-order valence-electron chi connectivity index (χ2n) is 12.4. The normalized spacial score (nSPS) is 12.7. The number of thiazole rings is 2. The van der Waals surface area contributed by atoms with E-state index in [1.54, 1.807) is 6.07 Å². The molecule has 6 rings (SSSR count). The van der Waals surface area contributed by atoms with E-state index < -0.39 is 5.82 Å². The fourth-order valence-electron chi connectivity index (χ4n) is 5.90. The van der Waals surface area contributed by atoms with E-state index in [4.69, 9.17) is 19.6 Å². The van der Waals surface area contributed by atoms with Crippen LogP contribution in [0.2, 0.25) is 0 Å². The largest absolute Gasteiger partial charge is 0.491 e. The summed E-state index contributed by atoms with van der Waals surface area (Å²) in [4.78, 5) is 41.1. The monoisotopic (exact) mass is 732 g/mol. The van der Waals surface area contributed by atoms with Crippen LogP contribution in [0.5, 0.6) is 5.75 Å². The third kappa shape index (κ3) is 9.26. The molecule has 3 aromatic carbocycles. The first-order chi connectivity index (χ1) is 24.8. The van der Waals surface area contributed by atoms with Gasteiger partial charge in [-0.1, -0.05) is 41.7 Å².